The van der Waals surface area contributed by atoms with Crippen LogP contribution < -0.4 is 11.1 Å². The number of hydrogen-bond donors (Lipinski definition) is 2. The van der Waals surface area contributed by atoms with Crippen LogP contribution in [-0.2, 0) is 0 Å². The van der Waals surface area contributed by atoms with E-state index in [1.165, 1.54) is 31.4 Å². The Morgan fingerprint density at radius 3 is 2.71 bits per heavy atom. The molecule has 0 spiro atoms. The van der Waals surface area contributed by atoms with Gasteiger partial charge in [0.25, 0.3) is 0 Å². The maximum atomic E-state index is 13.1. The first-order valence-corrected chi connectivity index (χ1v) is 6.28. The molecule has 0 radical (unpaired) electrons. The van der Waals surface area contributed by atoms with Crippen molar-refractivity contribution in [2.24, 2.45) is 11.3 Å². The first-order valence-electron chi connectivity index (χ1n) is 6.28. The highest BCUT2D eigenvalue weighted by molar-refractivity contribution is 5.65. The maximum absolute atomic E-state index is 13.1. The number of nitrogens with two attached hydrogens (primary N) is 1. The Morgan fingerprint density at radius 2 is 2.12 bits per heavy atom. The zero-order valence-electron chi connectivity index (χ0n) is 10.6. The topological polar surface area (TPSA) is 38.0 Å². The van der Waals surface area contributed by atoms with Crippen molar-refractivity contribution in [2.75, 3.05) is 17.6 Å². The zero-order valence-corrected chi connectivity index (χ0v) is 10.6. The van der Waals surface area contributed by atoms with Crippen molar-refractivity contribution in [3.05, 3.63) is 24.0 Å². The van der Waals surface area contributed by atoms with Crippen molar-refractivity contribution in [1.29, 1.82) is 0 Å². The molecule has 0 bridgehead atoms. The van der Waals surface area contributed by atoms with Gasteiger partial charge >= 0.3 is 0 Å². The van der Waals surface area contributed by atoms with E-state index in [0.717, 1.165) is 12.5 Å². The molecule has 1 saturated carbocycles. The van der Waals surface area contributed by atoms with E-state index >= 15 is 0 Å². The Labute approximate surface area is 102 Å². The molecule has 1 aliphatic rings. The lowest BCUT2D eigenvalue weighted by molar-refractivity contribution is 0.134. The largest absolute Gasteiger partial charge is 0.397 e. The van der Waals surface area contributed by atoms with Crippen molar-refractivity contribution in [3.8, 4) is 0 Å². The summed E-state index contributed by atoms with van der Waals surface area (Å²) < 4.78 is 13.1. The van der Waals surface area contributed by atoms with E-state index in [-0.39, 0.29) is 11.2 Å². The molecule has 2 rings (SSSR count). The van der Waals surface area contributed by atoms with Gasteiger partial charge in [-0.3, -0.25) is 0 Å². The number of nitrogens with one attached hydrogen (secondary N) is 1. The van der Waals surface area contributed by atoms with Crippen LogP contribution in [-0.4, -0.2) is 6.54 Å². The lowest BCUT2D eigenvalue weighted by Crippen LogP contribution is -2.35. The summed E-state index contributed by atoms with van der Waals surface area (Å²) in [6, 6.07) is 4.46. The zero-order chi connectivity index (χ0) is 12.5. The Bertz CT molecular complexity index is 397. The van der Waals surface area contributed by atoms with Crippen LogP contribution in [0.4, 0.5) is 15.8 Å². The molecular weight excluding hydrogens is 215 g/mol. The second kappa shape index (κ2) is 4.55. The number of benzene rings is 1. The van der Waals surface area contributed by atoms with Gasteiger partial charge in [-0.15, -0.1) is 0 Å². The van der Waals surface area contributed by atoms with Crippen LogP contribution >= 0.6 is 0 Å². The molecule has 0 aromatic heterocycles. The molecule has 0 amide bonds. The minimum atomic E-state index is -0.247. The average Bonchev–Trinajstić information content (AvgIpc) is 2.16. The fraction of sp³-hybridized carbons (Fsp3) is 0.571. The third kappa shape index (κ3) is 2.71. The molecule has 0 saturated heterocycles. The second-order valence-corrected chi connectivity index (χ2v) is 5.70. The average molecular weight is 236 g/mol. The smallest absolute Gasteiger partial charge is 0.125 e. The summed E-state index contributed by atoms with van der Waals surface area (Å²) in [5.41, 5.74) is 7.37. The van der Waals surface area contributed by atoms with Crippen molar-refractivity contribution < 1.29 is 4.39 Å². The Balaban J connectivity index is 1.99. The van der Waals surface area contributed by atoms with E-state index < -0.39 is 0 Å². The first kappa shape index (κ1) is 12.2. The molecule has 1 aromatic rings. The van der Waals surface area contributed by atoms with Crippen molar-refractivity contribution in [2.45, 2.75) is 33.1 Å². The summed E-state index contributed by atoms with van der Waals surface area (Å²) in [6.45, 7) is 5.37. The van der Waals surface area contributed by atoms with Crippen LogP contribution in [0, 0.1) is 17.2 Å². The van der Waals surface area contributed by atoms with E-state index in [4.69, 9.17) is 5.73 Å². The highest BCUT2D eigenvalue weighted by Gasteiger charge is 2.33. The number of anilines is 2. The van der Waals surface area contributed by atoms with Gasteiger partial charge in [0.15, 0.2) is 0 Å². The standard InChI is InChI=1S/C14H21FN2/c1-14(2,10-4-3-5-10)9-17-13-8-11(15)6-7-12(13)16/h6-8,10,17H,3-5,9,16H2,1-2H3. The molecule has 0 heterocycles. The Kier molecular flexibility index (Phi) is 3.27. The lowest BCUT2D eigenvalue weighted by Gasteiger charge is -2.40. The molecule has 2 nitrogen and oxygen atoms in total. The summed E-state index contributed by atoms with van der Waals surface area (Å²) in [4.78, 5) is 0. The van der Waals surface area contributed by atoms with Crippen LogP contribution in [0.5, 0.6) is 0 Å². The molecule has 3 N–H and O–H groups in total. The van der Waals surface area contributed by atoms with Gasteiger partial charge in [0, 0.05) is 6.54 Å². The number of halogens is 1. The summed E-state index contributed by atoms with van der Waals surface area (Å²) >= 11 is 0. The van der Waals surface area contributed by atoms with Crippen LogP contribution in [0.15, 0.2) is 18.2 Å². The van der Waals surface area contributed by atoms with Crippen LogP contribution in [0.1, 0.15) is 33.1 Å². The second-order valence-electron chi connectivity index (χ2n) is 5.70. The molecule has 1 aromatic carbocycles. The number of nitrogen functional groups attached to an aromatic ring is 1. The quantitative estimate of drug-likeness (QED) is 0.783. The van der Waals surface area contributed by atoms with Gasteiger partial charge in [0.2, 0.25) is 0 Å². The molecule has 0 atom stereocenters. The van der Waals surface area contributed by atoms with Crippen molar-refractivity contribution in [3.63, 3.8) is 0 Å². The molecule has 1 fully saturated rings. The Hall–Kier alpha value is -1.25. The lowest BCUT2D eigenvalue weighted by atomic mass is 9.67. The van der Waals surface area contributed by atoms with E-state index in [9.17, 15) is 4.39 Å². The predicted octanol–water partition coefficient (Wildman–Crippen LogP) is 3.65. The van der Waals surface area contributed by atoms with Crippen molar-refractivity contribution >= 4 is 11.4 Å². The number of rotatable bonds is 4. The molecule has 0 aliphatic heterocycles. The minimum absolute atomic E-state index is 0.247. The third-order valence-electron chi connectivity index (χ3n) is 3.96. The molecular formula is C14H21FN2. The summed E-state index contributed by atoms with van der Waals surface area (Å²) in [5.74, 6) is 0.535. The van der Waals surface area contributed by atoms with Gasteiger partial charge in [-0.05, 0) is 42.4 Å². The van der Waals surface area contributed by atoms with E-state index in [0.29, 0.717) is 11.4 Å². The molecule has 0 unspecified atom stereocenters. The molecule has 3 heteroatoms. The van der Waals surface area contributed by atoms with Gasteiger partial charge in [-0.2, -0.15) is 0 Å². The summed E-state index contributed by atoms with van der Waals surface area (Å²) in [7, 11) is 0. The van der Waals surface area contributed by atoms with E-state index in [2.05, 4.69) is 19.2 Å². The van der Waals surface area contributed by atoms with Crippen LogP contribution in [0.3, 0.4) is 0 Å². The van der Waals surface area contributed by atoms with Crippen LogP contribution in [0.2, 0.25) is 0 Å². The van der Waals surface area contributed by atoms with Crippen molar-refractivity contribution in [1.82, 2.24) is 0 Å². The molecule has 94 valence electrons. The highest BCUT2D eigenvalue weighted by Crippen LogP contribution is 2.41. The predicted molar refractivity (Wildman–Crippen MR) is 70.4 cm³/mol. The highest BCUT2D eigenvalue weighted by atomic mass is 19.1. The monoisotopic (exact) mass is 236 g/mol. The SMILES string of the molecule is CC(C)(CNc1cc(F)ccc1N)C1CCC1. The van der Waals surface area contributed by atoms with Gasteiger partial charge in [-0.1, -0.05) is 20.3 Å². The van der Waals surface area contributed by atoms with Gasteiger partial charge in [0.05, 0.1) is 11.4 Å². The molecule has 1 aliphatic carbocycles. The maximum Gasteiger partial charge on any atom is 0.125 e. The number of hydrogen-bond acceptors (Lipinski definition) is 2. The Morgan fingerprint density at radius 1 is 1.41 bits per heavy atom. The van der Waals surface area contributed by atoms with E-state index in [1.807, 2.05) is 0 Å². The van der Waals surface area contributed by atoms with Crippen LogP contribution in [0.25, 0.3) is 0 Å². The van der Waals surface area contributed by atoms with Gasteiger partial charge < -0.3 is 11.1 Å². The van der Waals surface area contributed by atoms with Gasteiger partial charge in [-0.25, -0.2) is 4.39 Å². The van der Waals surface area contributed by atoms with E-state index in [1.54, 1.807) is 6.07 Å². The fourth-order valence-electron chi connectivity index (χ4n) is 2.34. The molecule has 17 heavy (non-hydrogen) atoms. The minimum Gasteiger partial charge on any atom is -0.397 e. The van der Waals surface area contributed by atoms with Gasteiger partial charge in [0.1, 0.15) is 5.82 Å². The first-order chi connectivity index (χ1) is 7.99. The third-order valence-corrected chi connectivity index (χ3v) is 3.96. The normalized spacial score (nSPS) is 16.6. The summed E-state index contributed by atoms with van der Waals surface area (Å²) in [6.07, 6.45) is 3.97. The summed E-state index contributed by atoms with van der Waals surface area (Å²) in [5, 5.41) is 3.28. The fourth-order valence-corrected chi connectivity index (χ4v) is 2.34.